The zero-order valence-corrected chi connectivity index (χ0v) is 14.6. The molecule has 0 spiro atoms. The number of likely N-dealkylation sites (N-methyl/N-ethyl adjacent to an activating group) is 1. The summed E-state index contributed by atoms with van der Waals surface area (Å²) in [5, 5.41) is 3.06. The Bertz CT molecular complexity index is 504. The number of likely N-dealkylation sites (tertiary alicyclic amines) is 1. The molecule has 2 fully saturated rings. The lowest BCUT2D eigenvalue weighted by Crippen LogP contribution is -2.45. The third-order valence-electron chi connectivity index (χ3n) is 5.01. The van der Waals surface area contributed by atoms with E-state index in [2.05, 4.69) is 40.7 Å². The molecule has 0 N–H and O–H groups in total. The lowest BCUT2D eigenvalue weighted by Gasteiger charge is -2.34. The molecule has 0 radical (unpaired) electrons. The normalized spacial score (nSPS) is 29.4. The van der Waals surface area contributed by atoms with E-state index in [9.17, 15) is 4.79 Å². The second-order valence-electron chi connectivity index (χ2n) is 6.85. The van der Waals surface area contributed by atoms with Crippen molar-refractivity contribution < 1.29 is 4.79 Å². The van der Waals surface area contributed by atoms with Crippen molar-refractivity contribution in [2.75, 3.05) is 45.2 Å². The smallest absolute Gasteiger partial charge is 0.227 e. The van der Waals surface area contributed by atoms with Gasteiger partial charge in [0.25, 0.3) is 0 Å². The molecule has 122 valence electrons. The average molecular weight is 322 g/mol. The molecule has 6 heteroatoms. The highest BCUT2D eigenvalue weighted by molar-refractivity contribution is 7.13. The number of thiazole rings is 1. The minimum Gasteiger partial charge on any atom is -0.347 e. The first kappa shape index (κ1) is 15.7. The zero-order valence-electron chi connectivity index (χ0n) is 13.7. The van der Waals surface area contributed by atoms with Gasteiger partial charge in [-0.25, -0.2) is 4.98 Å². The molecule has 0 bridgehead atoms. The number of anilines is 1. The van der Waals surface area contributed by atoms with Gasteiger partial charge < -0.3 is 14.7 Å². The second-order valence-corrected chi connectivity index (χ2v) is 7.72. The van der Waals surface area contributed by atoms with Gasteiger partial charge in [-0.2, -0.15) is 0 Å². The second kappa shape index (κ2) is 6.54. The fraction of sp³-hybridized carbons (Fsp3) is 0.750. The molecule has 3 rings (SSSR count). The monoisotopic (exact) mass is 322 g/mol. The molecule has 22 heavy (non-hydrogen) atoms. The van der Waals surface area contributed by atoms with Gasteiger partial charge in [0.2, 0.25) is 5.91 Å². The van der Waals surface area contributed by atoms with E-state index in [0.717, 1.165) is 44.2 Å². The molecule has 1 amide bonds. The van der Waals surface area contributed by atoms with Gasteiger partial charge in [-0.3, -0.25) is 4.79 Å². The number of amides is 1. The van der Waals surface area contributed by atoms with Crippen LogP contribution in [0.1, 0.15) is 19.8 Å². The largest absolute Gasteiger partial charge is 0.347 e. The van der Waals surface area contributed by atoms with Crippen LogP contribution in [0, 0.1) is 11.8 Å². The quantitative estimate of drug-likeness (QED) is 0.850. The molecule has 3 heterocycles. The van der Waals surface area contributed by atoms with Gasteiger partial charge in [0, 0.05) is 43.8 Å². The predicted molar refractivity (Wildman–Crippen MR) is 90.3 cm³/mol. The van der Waals surface area contributed by atoms with Gasteiger partial charge in [-0.15, -0.1) is 11.3 Å². The summed E-state index contributed by atoms with van der Waals surface area (Å²) in [7, 11) is 4.22. The summed E-state index contributed by atoms with van der Waals surface area (Å²) in [6, 6.07) is 0.489. The van der Waals surface area contributed by atoms with E-state index >= 15 is 0 Å². The average Bonchev–Trinajstić information content (AvgIpc) is 3.16. The Morgan fingerprint density at radius 2 is 2.18 bits per heavy atom. The van der Waals surface area contributed by atoms with Crippen molar-refractivity contribution in [2.45, 2.75) is 25.8 Å². The minimum absolute atomic E-state index is 0.130. The van der Waals surface area contributed by atoms with Gasteiger partial charge in [0.1, 0.15) is 0 Å². The van der Waals surface area contributed by atoms with Gasteiger partial charge in [-0.05, 0) is 32.9 Å². The van der Waals surface area contributed by atoms with Crippen molar-refractivity contribution in [2.24, 2.45) is 11.8 Å². The molecule has 0 unspecified atom stereocenters. The van der Waals surface area contributed by atoms with Crippen molar-refractivity contribution in [3.8, 4) is 0 Å². The van der Waals surface area contributed by atoms with Gasteiger partial charge >= 0.3 is 0 Å². The summed E-state index contributed by atoms with van der Waals surface area (Å²) in [5.41, 5.74) is 0. The molecule has 0 aromatic carbocycles. The first-order valence-corrected chi connectivity index (χ1v) is 9.04. The maximum absolute atomic E-state index is 12.9. The number of aromatic nitrogens is 1. The fourth-order valence-electron chi connectivity index (χ4n) is 3.78. The van der Waals surface area contributed by atoms with Crippen LogP contribution in [0.15, 0.2) is 11.6 Å². The van der Waals surface area contributed by atoms with Gasteiger partial charge in [-0.1, -0.05) is 6.92 Å². The number of piperidine rings is 1. The molecule has 2 aliphatic rings. The molecule has 2 saturated heterocycles. The van der Waals surface area contributed by atoms with Crippen LogP contribution in [0.3, 0.4) is 0 Å². The summed E-state index contributed by atoms with van der Waals surface area (Å²) < 4.78 is 0. The summed E-state index contributed by atoms with van der Waals surface area (Å²) in [4.78, 5) is 23.9. The SMILES string of the molecule is C[C@@H]1CN(C(=O)[C@H]2CCCN(c3nccs3)C2)C[C@H]1N(C)C. The topological polar surface area (TPSA) is 39.7 Å². The highest BCUT2D eigenvalue weighted by Gasteiger charge is 2.37. The van der Waals surface area contributed by atoms with E-state index in [-0.39, 0.29) is 5.92 Å². The highest BCUT2D eigenvalue weighted by atomic mass is 32.1. The van der Waals surface area contributed by atoms with E-state index in [1.54, 1.807) is 11.3 Å². The Balaban J connectivity index is 1.63. The third-order valence-corrected chi connectivity index (χ3v) is 5.84. The van der Waals surface area contributed by atoms with Crippen molar-refractivity contribution in [1.29, 1.82) is 0 Å². The highest BCUT2D eigenvalue weighted by Crippen LogP contribution is 2.28. The fourth-order valence-corrected chi connectivity index (χ4v) is 4.46. The third kappa shape index (κ3) is 3.13. The van der Waals surface area contributed by atoms with Crippen LogP contribution in [0.25, 0.3) is 0 Å². The van der Waals surface area contributed by atoms with Crippen LogP contribution < -0.4 is 4.90 Å². The van der Waals surface area contributed by atoms with Crippen LogP contribution in [-0.2, 0) is 4.79 Å². The molecule has 3 atom stereocenters. The van der Waals surface area contributed by atoms with Crippen LogP contribution in [0.2, 0.25) is 0 Å². The molecular weight excluding hydrogens is 296 g/mol. The minimum atomic E-state index is 0.130. The molecule has 0 saturated carbocycles. The number of nitrogens with zero attached hydrogens (tertiary/aromatic N) is 4. The summed E-state index contributed by atoms with van der Waals surface area (Å²) in [5.74, 6) is 1.03. The Morgan fingerprint density at radius 1 is 1.36 bits per heavy atom. The summed E-state index contributed by atoms with van der Waals surface area (Å²) in [6.45, 7) is 5.87. The Kier molecular flexibility index (Phi) is 4.68. The first-order valence-electron chi connectivity index (χ1n) is 8.16. The Hall–Kier alpha value is -1.14. The van der Waals surface area contributed by atoms with Crippen molar-refractivity contribution in [3.05, 3.63) is 11.6 Å². The van der Waals surface area contributed by atoms with Crippen LogP contribution in [-0.4, -0.2) is 67.0 Å². The van der Waals surface area contributed by atoms with Gasteiger partial charge in [0.15, 0.2) is 5.13 Å². The number of rotatable bonds is 3. The van der Waals surface area contributed by atoms with Crippen LogP contribution >= 0.6 is 11.3 Å². The molecule has 5 nitrogen and oxygen atoms in total. The zero-order chi connectivity index (χ0) is 15.7. The maximum Gasteiger partial charge on any atom is 0.227 e. The molecule has 1 aromatic rings. The summed E-state index contributed by atoms with van der Waals surface area (Å²) in [6.07, 6.45) is 3.93. The number of carbonyl (C=O) groups excluding carboxylic acids is 1. The number of hydrogen-bond donors (Lipinski definition) is 0. The maximum atomic E-state index is 12.9. The summed E-state index contributed by atoms with van der Waals surface area (Å²) >= 11 is 1.66. The predicted octanol–water partition coefficient (Wildman–Crippen LogP) is 1.77. The van der Waals surface area contributed by atoms with E-state index in [1.165, 1.54) is 0 Å². The van der Waals surface area contributed by atoms with Crippen molar-refractivity contribution in [1.82, 2.24) is 14.8 Å². The standard InChI is InChI=1S/C16H26N4OS/c1-12-9-20(11-14(12)18(2)3)15(21)13-5-4-7-19(10-13)16-17-6-8-22-16/h6,8,12-14H,4-5,7,9-11H2,1-3H3/t12-,13+,14-/m1/s1. The lowest BCUT2D eigenvalue weighted by molar-refractivity contribution is -0.135. The van der Waals surface area contributed by atoms with E-state index in [1.807, 2.05) is 11.6 Å². The molecule has 0 aliphatic carbocycles. The number of carbonyl (C=O) groups is 1. The first-order chi connectivity index (χ1) is 10.6. The molecule has 2 aliphatic heterocycles. The Labute approximate surface area is 136 Å². The molecule has 1 aromatic heterocycles. The van der Waals surface area contributed by atoms with E-state index in [0.29, 0.717) is 17.9 Å². The molecular formula is C16H26N4OS. The Morgan fingerprint density at radius 3 is 2.82 bits per heavy atom. The number of hydrogen-bond acceptors (Lipinski definition) is 5. The lowest BCUT2D eigenvalue weighted by atomic mass is 9.97. The van der Waals surface area contributed by atoms with E-state index in [4.69, 9.17) is 0 Å². The van der Waals surface area contributed by atoms with Crippen molar-refractivity contribution >= 4 is 22.4 Å². The van der Waals surface area contributed by atoms with Crippen molar-refractivity contribution in [3.63, 3.8) is 0 Å². The van der Waals surface area contributed by atoms with Crippen LogP contribution in [0.5, 0.6) is 0 Å². The van der Waals surface area contributed by atoms with Crippen LogP contribution in [0.4, 0.5) is 5.13 Å². The van der Waals surface area contributed by atoms with E-state index < -0.39 is 0 Å². The van der Waals surface area contributed by atoms with Gasteiger partial charge in [0.05, 0.1) is 5.92 Å².